The van der Waals surface area contributed by atoms with Crippen molar-refractivity contribution in [3.8, 4) is 0 Å². The molecule has 29 heavy (non-hydrogen) atoms. The Balaban J connectivity index is 1.81. The van der Waals surface area contributed by atoms with E-state index in [2.05, 4.69) is 5.32 Å². The zero-order valence-corrected chi connectivity index (χ0v) is 16.2. The van der Waals surface area contributed by atoms with E-state index >= 15 is 0 Å². The molecular formula is C19H20F3N3O3S. The molecule has 10 heteroatoms. The highest BCUT2D eigenvalue weighted by atomic mass is 32.2. The molecule has 1 aliphatic heterocycles. The van der Waals surface area contributed by atoms with Gasteiger partial charge in [-0.15, -0.1) is 0 Å². The van der Waals surface area contributed by atoms with Gasteiger partial charge in [0.05, 0.1) is 28.3 Å². The highest BCUT2D eigenvalue weighted by Gasteiger charge is 2.32. The summed E-state index contributed by atoms with van der Waals surface area (Å²) in [4.78, 5) is 14.3. The molecule has 0 atom stereocenters. The second-order valence-corrected chi connectivity index (χ2v) is 8.40. The van der Waals surface area contributed by atoms with Gasteiger partial charge in [0.1, 0.15) is 0 Å². The van der Waals surface area contributed by atoms with Crippen LogP contribution in [-0.4, -0.2) is 27.4 Å². The van der Waals surface area contributed by atoms with Crippen molar-refractivity contribution >= 4 is 27.3 Å². The van der Waals surface area contributed by atoms with Crippen LogP contribution in [0.3, 0.4) is 0 Å². The minimum atomic E-state index is -4.52. The predicted octanol–water partition coefficient (Wildman–Crippen LogP) is 3.13. The van der Waals surface area contributed by atoms with Crippen molar-refractivity contribution in [2.75, 3.05) is 23.3 Å². The molecule has 2 aromatic rings. The molecule has 0 saturated carbocycles. The van der Waals surface area contributed by atoms with Crippen molar-refractivity contribution < 1.29 is 26.4 Å². The first kappa shape index (κ1) is 21.1. The minimum Gasteiger partial charge on any atom is -0.370 e. The zero-order valence-electron chi connectivity index (χ0n) is 15.4. The number of hydrogen-bond donors (Lipinski definition) is 2. The van der Waals surface area contributed by atoms with Crippen molar-refractivity contribution in [1.82, 2.24) is 0 Å². The van der Waals surface area contributed by atoms with Crippen LogP contribution < -0.4 is 15.4 Å². The fourth-order valence-electron chi connectivity index (χ4n) is 3.22. The smallest absolute Gasteiger partial charge is 0.370 e. The number of anilines is 2. The van der Waals surface area contributed by atoms with E-state index in [0.717, 1.165) is 25.0 Å². The molecule has 1 heterocycles. The summed E-state index contributed by atoms with van der Waals surface area (Å²) in [6.07, 6.45) is -2.78. The zero-order chi connectivity index (χ0) is 21.2. The van der Waals surface area contributed by atoms with Crippen LogP contribution in [-0.2, 0) is 27.4 Å². The van der Waals surface area contributed by atoms with E-state index in [-0.39, 0.29) is 17.0 Å². The second kappa shape index (κ2) is 8.03. The lowest BCUT2D eigenvalue weighted by atomic mass is 10.1. The number of sulfonamides is 1. The molecule has 1 saturated heterocycles. The summed E-state index contributed by atoms with van der Waals surface area (Å²) in [5, 5.41) is 7.60. The quantitative estimate of drug-likeness (QED) is 0.767. The molecule has 0 unspecified atom stereocenters. The SMILES string of the molecule is NS(=O)(=O)c1ccc(CC(=O)Nc2cc(C(F)(F)F)ccc2N2CCCC2)cc1. The Kier molecular flexibility index (Phi) is 5.85. The third-order valence-electron chi connectivity index (χ3n) is 4.66. The van der Waals surface area contributed by atoms with Crippen LogP contribution in [0.15, 0.2) is 47.4 Å². The van der Waals surface area contributed by atoms with Crippen molar-refractivity contribution in [2.24, 2.45) is 5.14 Å². The van der Waals surface area contributed by atoms with Gasteiger partial charge in [0.2, 0.25) is 15.9 Å². The van der Waals surface area contributed by atoms with Gasteiger partial charge in [-0.05, 0) is 48.7 Å². The van der Waals surface area contributed by atoms with Gasteiger partial charge in [-0.1, -0.05) is 12.1 Å². The number of nitrogens with one attached hydrogen (secondary N) is 1. The summed E-state index contributed by atoms with van der Waals surface area (Å²) >= 11 is 0. The minimum absolute atomic E-state index is 0.0872. The van der Waals surface area contributed by atoms with E-state index < -0.39 is 27.7 Å². The van der Waals surface area contributed by atoms with Crippen LogP contribution in [0.2, 0.25) is 0 Å². The molecule has 0 aliphatic carbocycles. The van der Waals surface area contributed by atoms with Crippen LogP contribution in [0.4, 0.5) is 24.5 Å². The molecule has 1 amide bonds. The van der Waals surface area contributed by atoms with E-state index in [1.165, 1.54) is 30.3 Å². The average molecular weight is 427 g/mol. The van der Waals surface area contributed by atoms with E-state index in [9.17, 15) is 26.4 Å². The maximum atomic E-state index is 13.1. The van der Waals surface area contributed by atoms with Gasteiger partial charge in [0, 0.05) is 13.1 Å². The number of amides is 1. The van der Waals surface area contributed by atoms with Crippen LogP contribution >= 0.6 is 0 Å². The van der Waals surface area contributed by atoms with Gasteiger partial charge < -0.3 is 10.2 Å². The third kappa shape index (κ3) is 5.27. The Morgan fingerprint density at radius 3 is 2.24 bits per heavy atom. The lowest BCUT2D eigenvalue weighted by Crippen LogP contribution is -2.22. The molecule has 1 fully saturated rings. The summed E-state index contributed by atoms with van der Waals surface area (Å²) in [5.74, 6) is -0.506. The summed E-state index contributed by atoms with van der Waals surface area (Å²) in [6.45, 7) is 1.42. The number of rotatable bonds is 5. The number of benzene rings is 2. The number of nitrogens with two attached hydrogens (primary N) is 1. The fourth-order valence-corrected chi connectivity index (χ4v) is 3.74. The van der Waals surface area contributed by atoms with E-state index in [1.807, 2.05) is 4.90 Å². The number of alkyl halides is 3. The summed E-state index contributed by atoms with van der Waals surface area (Å²) in [7, 11) is -3.84. The van der Waals surface area contributed by atoms with E-state index in [4.69, 9.17) is 5.14 Å². The van der Waals surface area contributed by atoms with Gasteiger partial charge in [0.25, 0.3) is 0 Å². The van der Waals surface area contributed by atoms with Crippen LogP contribution in [0.25, 0.3) is 0 Å². The summed E-state index contributed by atoms with van der Waals surface area (Å²) in [5.41, 5.74) is 0.319. The Bertz CT molecular complexity index is 1000. The standard InChI is InChI=1S/C19H20F3N3O3S/c20-19(21,22)14-5-8-17(25-9-1-2-10-25)16(12-14)24-18(26)11-13-3-6-15(7-4-13)29(23,27)28/h3-8,12H,1-2,9-11H2,(H,24,26)(H2,23,27,28). The van der Waals surface area contributed by atoms with Gasteiger partial charge in [-0.25, -0.2) is 13.6 Å². The maximum absolute atomic E-state index is 13.1. The first-order valence-corrected chi connectivity index (χ1v) is 10.5. The number of primary sulfonamides is 1. The maximum Gasteiger partial charge on any atom is 0.416 e. The molecule has 2 aromatic carbocycles. The second-order valence-electron chi connectivity index (χ2n) is 6.84. The third-order valence-corrected chi connectivity index (χ3v) is 5.59. The number of nitrogens with zero attached hydrogens (tertiary/aromatic N) is 1. The monoisotopic (exact) mass is 427 g/mol. The average Bonchev–Trinajstić information content (AvgIpc) is 3.15. The lowest BCUT2D eigenvalue weighted by molar-refractivity contribution is -0.137. The Hall–Kier alpha value is -2.59. The largest absolute Gasteiger partial charge is 0.416 e. The van der Waals surface area contributed by atoms with Crippen molar-refractivity contribution in [3.63, 3.8) is 0 Å². The van der Waals surface area contributed by atoms with Gasteiger partial charge in [-0.3, -0.25) is 4.79 Å². The van der Waals surface area contributed by atoms with E-state index in [0.29, 0.717) is 24.3 Å². The van der Waals surface area contributed by atoms with Crippen molar-refractivity contribution in [3.05, 3.63) is 53.6 Å². The van der Waals surface area contributed by atoms with Crippen LogP contribution in [0.1, 0.15) is 24.0 Å². The van der Waals surface area contributed by atoms with Gasteiger partial charge in [-0.2, -0.15) is 13.2 Å². The van der Waals surface area contributed by atoms with Crippen LogP contribution in [0, 0.1) is 0 Å². The lowest BCUT2D eigenvalue weighted by Gasteiger charge is -2.23. The highest BCUT2D eigenvalue weighted by molar-refractivity contribution is 7.89. The highest BCUT2D eigenvalue weighted by Crippen LogP contribution is 2.36. The topological polar surface area (TPSA) is 92.5 Å². The Labute approximate surface area is 166 Å². The normalized spacial score (nSPS) is 14.8. The van der Waals surface area contributed by atoms with Gasteiger partial charge >= 0.3 is 6.18 Å². The predicted molar refractivity (Wildman–Crippen MR) is 103 cm³/mol. The molecule has 0 radical (unpaired) electrons. The van der Waals surface area contributed by atoms with Crippen molar-refractivity contribution in [2.45, 2.75) is 30.3 Å². The Morgan fingerprint density at radius 2 is 1.69 bits per heavy atom. The molecule has 3 rings (SSSR count). The Morgan fingerprint density at radius 1 is 1.07 bits per heavy atom. The van der Waals surface area contributed by atoms with Gasteiger partial charge in [0.15, 0.2) is 0 Å². The molecule has 3 N–H and O–H groups in total. The molecule has 0 bridgehead atoms. The number of carbonyl (C=O) groups excluding carboxylic acids is 1. The summed E-state index contributed by atoms with van der Waals surface area (Å²) in [6, 6.07) is 8.76. The van der Waals surface area contributed by atoms with Crippen LogP contribution in [0.5, 0.6) is 0 Å². The molecule has 1 aliphatic rings. The number of carbonyl (C=O) groups is 1. The summed E-state index contributed by atoms with van der Waals surface area (Å²) < 4.78 is 61.9. The molecular weight excluding hydrogens is 407 g/mol. The van der Waals surface area contributed by atoms with E-state index in [1.54, 1.807) is 0 Å². The number of hydrogen-bond acceptors (Lipinski definition) is 4. The molecule has 0 spiro atoms. The first-order chi connectivity index (χ1) is 13.5. The first-order valence-electron chi connectivity index (χ1n) is 8.92. The number of halogens is 3. The fraction of sp³-hybridized carbons (Fsp3) is 0.316. The van der Waals surface area contributed by atoms with Crippen molar-refractivity contribution in [1.29, 1.82) is 0 Å². The molecule has 0 aromatic heterocycles. The molecule has 156 valence electrons. The molecule has 6 nitrogen and oxygen atoms in total.